The molecule has 0 bridgehead atoms. The number of aromatic nitrogens is 6. The molecule has 1 aliphatic heterocycles. The Morgan fingerprint density at radius 2 is 0.871 bits per heavy atom. The van der Waals surface area contributed by atoms with Crippen molar-refractivity contribution in [2.75, 3.05) is 135 Å². The third-order valence-electron chi connectivity index (χ3n) is 23.0. The van der Waals surface area contributed by atoms with Gasteiger partial charge in [-0.2, -0.15) is 9.44 Å². The first-order chi connectivity index (χ1) is 66.6. The summed E-state index contributed by atoms with van der Waals surface area (Å²) in [6, 6.07) is 8.31. The van der Waals surface area contributed by atoms with E-state index in [2.05, 4.69) is 92.8 Å². The van der Waals surface area contributed by atoms with Gasteiger partial charge in [-0.05, 0) is 148 Å². The fourth-order valence-corrected chi connectivity index (χ4v) is 18.9. The second-order valence-corrected chi connectivity index (χ2v) is 37.0. The number of nitrogens with zero attached hydrogens (tertiary/aromatic N) is 8. The molecule has 0 saturated carbocycles. The molecule has 48 heteroatoms. The molecule has 0 aliphatic carbocycles. The Bertz CT molecular complexity index is 6050. The highest BCUT2D eigenvalue weighted by Gasteiger charge is 2.34. The lowest BCUT2D eigenvalue weighted by atomic mass is 10.1. The number of carboxylic acid groups (broad SMARTS) is 3. The van der Waals surface area contributed by atoms with Crippen LogP contribution in [0.3, 0.4) is 0 Å². The molecular weight excluding hydrogens is 1860 g/mol. The minimum absolute atomic E-state index is 0.00357. The first kappa shape index (κ1) is 110. The summed E-state index contributed by atoms with van der Waals surface area (Å²) in [4.78, 5) is 207. The van der Waals surface area contributed by atoms with Crippen molar-refractivity contribution in [3.8, 4) is 11.5 Å². The number of hydrogen-bond acceptors (Lipinski definition) is 28. The average Bonchev–Trinajstić information content (AvgIpc) is 0.859. The first-order valence-electron chi connectivity index (χ1n) is 45.8. The van der Waals surface area contributed by atoms with Crippen LogP contribution in [0.5, 0.6) is 11.5 Å². The summed E-state index contributed by atoms with van der Waals surface area (Å²) >= 11 is 0. The monoisotopic (exact) mass is 1980 g/mol. The van der Waals surface area contributed by atoms with Gasteiger partial charge in [0.25, 0.3) is 11.8 Å². The maximum absolute atomic E-state index is 14.4. The van der Waals surface area contributed by atoms with Gasteiger partial charge in [0, 0.05) is 193 Å². The SMILES string of the molecule is [CH]N1CCN(CC)CCN(CC(=O)O)CCN(CC(=O)N[C@@H](CCC(=O)NC(CC)C(=O)NCCNC(=O)CCCOc2cc(C)c(S(=O)(=O)NC(CNC(=O)c3cn(C)c4cc(CNc5ncc[nH]5)ccc4c3=O)C(=O)O)c(C)c2)C(=O)NC(CC)C(=O)NCCNC(=O)CCCOc2cc(C)c(S(=O)(=O)NC(CNC(=O)c3cn(C)c4cc(CNc5ncc[nH]5)ccc4c3=O)C(=O)O)c(C)c2)CC1. The topological polar surface area (TPSA) is 623 Å². The number of fused-ring (bicyclic) bond motifs is 2. The molecule has 18 N–H and O–H groups in total. The van der Waals surface area contributed by atoms with Crippen molar-refractivity contribution in [1.29, 1.82) is 0 Å². The van der Waals surface area contributed by atoms with Gasteiger partial charge in [0.2, 0.25) is 72.3 Å². The number of aromatic amines is 2. The van der Waals surface area contributed by atoms with E-state index in [9.17, 15) is 99.3 Å². The van der Waals surface area contributed by atoms with E-state index < -0.39 is 152 Å². The fourth-order valence-electron chi connectivity index (χ4n) is 15.6. The molecule has 2 radical (unpaired) electrons. The Hall–Kier alpha value is -13.8. The van der Waals surface area contributed by atoms with E-state index in [4.69, 9.17) is 16.5 Å². The molecule has 8 aromatic rings. The third kappa shape index (κ3) is 33.0. The summed E-state index contributed by atoms with van der Waals surface area (Å²) in [5.41, 5.74) is 1.53. The van der Waals surface area contributed by atoms with Gasteiger partial charge >= 0.3 is 17.9 Å². The highest BCUT2D eigenvalue weighted by atomic mass is 32.2. The Morgan fingerprint density at radius 3 is 1.28 bits per heavy atom. The van der Waals surface area contributed by atoms with Crippen LogP contribution in [0, 0.1) is 34.7 Å². The summed E-state index contributed by atoms with van der Waals surface area (Å²) in [6.45, 7) is 13.5. The van der Waals surface area contributed by atoms with Crippen LogP contribution in [0.15, 0.2) is 117 Å². The third-order valence-corrected chi connectivity index (χ3v) is 26.6. The van der Waals surface area contributed by atoms with Gasteiger partial charge < -0.3 is 107 Å². The van der Waals surface area contributed by atoms with Gasteiger partial charge in [0.15, 0.2) is 11.9 Å². The number of hydrogen-bond donors (Lipinski definition) is 18. The lowest BCUT2D eigenvalue weighted by Gasteiger charge is -2.32. The van der Waals surface area contributed by atoms with E-state index in [0.717, 1.165) is 11.1 Å². The summed E-state index contributed by atoms with van der Waals surface area (Å²) in [6.07, 6.45) is 8.81. The van der Waals surface area contributed by atoms with Crippen molar-refractivity contribution < 1.29 is 99.2 Å². The van der Waals surface area contributed by atoms with Gasteiger partial charge in [0.1, 0.15) is 52.8 Å². The second kappa shape index (κ2) is 52.8. The molecule has 140 heavy (non-hydrogen) atoms. The number of anilines is 2. The Morgan fingerprint density at radius 1 is 0.471 bits per heavy atom. The molecule has 4 aromatic heterocycles. The number of likely N-dealkylation sites (N-methyl/N-ethyl adjacent to an activating group) is 1. The maximum atomic E-state index is 14.4. The van der Waals surface area contributed by atoms with Crippen molar-refractivity contribution in [3.05, 3.63) is 170 Å². The number of imidazole rings is 2. The van der Waals surface area contributed by atoms with Gasteiger partial charge in [-0.25, -0.2) is 26.8 Å². The summed E-state index contributed by atoms with van der Waals surface area (Å²) in [5.74, 6) is -8.82. The molecule has 4 aromatic carbocycles. The molecule has 0 spiro atoms. The highest BCUT2D eigenvalue weighted by Crippen LogP contribution is 2.29. The number of carbonyl (C=O) groups is 12. The van der Waals surface area contributed by atoms with E-state index in [1.165, 1.54) is 64.4 Å². The van der Waals surface area contributed by atoms with Crippen LogP contribution in [0.25, 0.3) is 21.8 Å². The summed E-state index contributed by atoms with van der Waals surface area (Å²) in [7, 11) is 0.504. The number of aliphatic carboxylic acids is 3. The number of nitrogens with one attached hydrogen (secondary N) is 15. The number of pyridine rings is 2. The van der Waals surface area contributed by atoms with E-state index in [1.54, 1.807) is 113 Å². The fraction of sp³-hybridized carbons (Fsp3) is 0.467. The van der Waals surface area contributed by atoms with Crippen molar-refractivity contribution in [2.45, 2.75) is 153 Å². The van der Waals surface area contributed by atoms with Crippen molar-refractivity contribution in [1.82, 2.24) is 106 Å². The predicted octanol–water partition coefficient (Wildman–Crippen LogP) is 0.150. The van der Waals surface area contributed by atoms with E-state index in [0.29, 0.717) is 75.3 Å². The van der Waals surface area contributed by atoms with Crippen LogP contribution >= 0.6 is 0 Å². The quantitative estimate of drug-likeness (QED) is 0.0226. The zero-order chi connectivity index (χ0) is 102. The lowest BCUT2D eigenvalue weighted by Crippen LogP contribution is -2.55. The molecular formula is C92H125N23O23S2. The molecule has 46 nitrogen and oxygen atoms in total. The summed E-state index contributed by atoms with van der Waals surface area (Å²) < 4.78 is 74.6. The molecule has 1 aliphatic rings. The zero-order valence-electron chi connectivity index (χ0n) is 79.6. The largest absolute Gasteiger partial charge is 0.494 e. The van der Waals surface area contributed by atoms with Gasteiger partial charge in [-0.15, -0.1) is 0 Å². The molecule has 1 saturated heterocycles. The molecule has 9 rings (SSSR count). The van der Waals surface area contributed by atoms with Gasteiger partial charge in [0.05, 0.1) is 47.1 Å². The normalized spacial score (nSPS) is 14.3. The molecule has 4 unspecified atom stereocenters. The number of benzene rings is 4. The average molecular weight is 1990 g/mol. The predicted molar refractivity (Wildman–Crippen MR) is 516 cm³/mol. The number of amides is 9. The van der Waals surface area contributed by atoms with Crippen LogP contribution in [0.1, 0.15) is 126 Å². The lowest BCUT2D eigenvalue weighted by molar-refractivity contribution is -0.139. The molecule has 5 heterocycles. The van der Waals surface area contributed by atoms with Crippen molar-refractivity contribution in [3.63, 3.8) is 0 Å². The Labute approximate surface area is 809 Å². The molecule has 9 amide bonds. The molecule has 758 valence electrons. The van der Waals surface area contributed by atoms with Gasteiger partial charge in [-0.1, -0.05) is 32.9 Å². The minimum Gasteiger partial charge on any atom is -0.494 e. The van der Waals surface area contributed by atoms with Crippen LogP contribution in [0.4, 0.5) is 11.9 Å². The summed E-state index contributed by atoms with van der Waals surface area (Å²) in [5, 5.41) is 60.2. The van der Waals surface area contributed by atoms with Crippen LogP contribution in [-0.2, 0) is 95.2 Å². The number of H-pyrrole nitrogens is 2. The number of carbonyl (C=O) groups excluding carboxylic acids is 9. The van der Waals surface area contributed by atoms with Crippen LogP contribution in [-0.4, -0.2) is 307 Å². The minimum atomic E-state index is -4.58. The number of rotatable bonds is 52. The molecule has 5 atom stereocenters. The highest BCUT2D eigenvalue weighted by molar-refractivity contribution is 7.90. The zero-order valence-corrected chi connectivity index (χ0v) is 81.2. The molecule has 1 fully saturated rings. The number of ether oxygens (including phenoxy) is 2. The Balaban J connectivity index is 0.708. The van der Waals surface area contributed by atoms with Crippen LogP contribution in [0.2, 0.25) is 0 Å². The second-order valence-electron chi connectivity index (χ2n) is 33.7. The maximum Gasteiger partial charge on any atom is 0.323 e. The van der Waals surface area contributed by atoms with E-state index >= 15 is 0 Å². The number of carboxylic acids is 3. The Kier molecular flexibility index (Phi) is 41.5. The van der Waals surface area contributed by atoms with E-state index in [-0.39, 0.29) is 183 Å². The van der Waals surface area contributed by atoms with Crippen LogP contribution < -0.4 is 88.3 Å². The number of aryl methyl sites for hydroxylation is 6. The van der Waals surface area contributed by atoms with Crippen molar-refractivity contribution in [2.24, 2.45) is 14.1 Å². The van der Waals surface area contributed by atoms with Gasteiger partial charge in [-0.3, -0.25) is 81.8 Å². The first-order valence-corrected chi connectivity index (χ1v) is 48.7. The number of sulfonamides is 2. The smallest absolute Gasteiger partial charge is 0.323 e. The van der Waals surface area contributed by atoms with Crippen molar-refractivity contribution >= 4 is 125 Å². The van der Waals surface area contributed by atoms with E-state index in [1.807, 2.05) is 6.92 Å². The standard InChI is InChI=1S/C92H125N23O23S2/c1-11-68(86(126)95-26-24-93-75(116)16-14-40-137-62-42-56(4)82(57(5)43-62)139(133,134)108-71(89(129)130)50-101-84(124)66-52-111(9)73-46-60(18-20-64(73)80(66)122)48-103-91-97-28-29-98-91)105-77(118)23-22-70(106-78(119)54-114-35-33-110(8)32-34-113(13-3)36-37-115(39-38-114)55-79(120)121)88(128)107-69(12-2)87(127)96-27-25-94-76(117)17-15-41-138-63-44-58(6)83(59(7)45-63)140(135,136)109-72(90(131)132)51-102-85(125)67-53-112(10)74-47-61(19-21-65(74)81(67)123)49-104-92-99-30-31-100-92/h8,18-21,28-31,42-47,52-53,68-72,108-109H,11-17,22-27,32-41,48-51,54-55H2,1-7,9-10H3,(H,93,116)(H,94,117)(H,95,126)(H,96,127)(H,101,124)(H,102,125)(H,105,118)(H,106,119)(H,107,128)(H,120,121)(H,129,130)(H,131,132)(H2,97,98,103)(H2,99,100,104)/t68?,69?,70-,71?,72?/m0/s1.